The van der Waals surface area contributed by atoms with Gasteiger partial charge < -0.3 is 14.9 Å². The summed E-state index contributed by atoms with van der Waals surface area (Å²) in [7, 11) is 3.54. The van der Waals surface area contributed by atoms with Crippen molar-refractivity contribution in [1.82, 2.24) is 5.01 Å². The van der Waals surface area contributed by atoms with Crippen LogP contribution in [-0.2, 0) is 16.0 Å². The number of hydrazine groups is 1. The lowest BCUT2D eigenvalue weighted by Crippen LogP contribution is -2.28. The fourth-order valence-electron chi connectivity index (χ4n) is 1.28. The summed E-state index contributed by atoms with van der Waals surface area (Å²) >= 11 is 0. The number of aliphatic carboxylic acids is 2. The quantitative estimate of drug-likeness (QED) is 0.403. The maximum Gasteiger partial charge on any atom is 0.328 e. The molecular weight excluding hydrogens is 276 g/mol. The second-order valence-corrected chi connectivity index (χ2v) is 4.09. The zero-order chi connectivity index (χ0) is 16.3. The fraction of sp³-hybridized carbons (Fsp3) is 0.286. The number of rotatable bonds is 6. The van der Waals surface area contributed by atoms with Gasteiger partial charge in [0.15, 0.2) is 0 Å². The highest BCUT2D eigenvalue weighted by Gasteiger charge is 1.96. The Hall–Kier alpha value is -2.38. The largest absolute Gasteiger partial charge is 0.497 e. The van der Waals surface area contributed by atoms with Crippen molar-refractivity contribution in [3.8, 4) is 5.75 Å². The number of hydrogen-bond acceptors (Lipinski definition) is 5. The van der Waals surface area contributed by atoms with E-state index in [2.05, 4.69) is 6.07 Å². The number of methoxy groups -OCH3 is 1. The lowest BCUT2D eigenvalue weighted by atomic mass is 10.1. The highest BCUT2D eigenvalue weighted by Crippen LogP contribution is 2.12. The average Bonchev–Trinajstić information content (AvgIpc) is 2.44. The smallest absolute Gasteiger partial charge is 0.328 e. The lowest BCUT2D eigenvalue weighted by Gasteiger charge is -2.09. The molecule has 0 aliphatic rings. The molecule has 0 spiro atoms. The topological polar surface area (TPSA) is 113 Å². The van der Waals surface area contributed by atoms with Gasteiger partial charge in [-0.05, 0) is 24.1 Å². The maximum absolute atomic E-state index is 9.55. The molecule has 0 saturated heterocycles. The number of ether oxygens (including phenoxy) is 1. The first kappa shape index (κ1) is 18.6. The van der Waals surface area contributed by atoms with Crippen molar-refractivity contribution in [3.63, 3.8) is 0 Å². The maximum atomic E-state index is 9.55. The summed E-state index contributed by atoms with van der Waals surface area (Å²) in [6, 6.07) is 8.04. The number of hydrogen-bond donors (Lipinski definition) is 3. The summed E-state index contributed by atoms with van der Waals surface area (Å²) < 4.78 is 5.12. The molecule has 1 aromatic carbocycles. The molecule has 7 nitrogen and oxygen atoms in total. The summed E-state index contributed by atoms with van der Waals surface area (Å²) in [5.74, 6) is 3.90. The summed E-state index contributed by atoms with van der Waals surface area (Å²) in [5, 5.41) is 17.3. The third kappa shape index (κ3) is 11.2. The van der Waals surface area contributed by atoms with E-state index in [0.717, 1.165) is 18.7 Å². The van der Waals surface area contributed by atoms with Crippen LogP contribution in [0, 0.1) is 0 Å². The van der Waals surface area contributed by atoms with Gasteiger partial charge in [-0.25, -0.2) is 14.6 Å². The Morgan fingerprint density at radius 3 is 2.29 bits per heavy atom. The summed E-state index contributed by atoms with van der Waals surface area (Å²) in [6.07, 6.45) is 2.06. The van der Waals surface area contributed by atoms with Gasteiger partial charge in [0.2, 0.25) is 0 Å². The van der Waals surface area contributed by atoms with Gasteiger partial charge in [-0.15, -0.1) is 0 Å². The van der Waals surface area contributed by atoms with Crippen LogP contribution >= 0.6 is 0 Å². The minimum Gasteiger partial charge on any atom is -0.497 e. The molecular formula is C14H20N2O5. The Kier molecular flexibility index (Phi) is 9.23. The third-order valence-electron chi connectivity index (χ3n) is 2.26. The van der Waals surface area contributed by atoms with Gasteiger partial charge in [-0.2, -0.15) is 0 Å². The normalized spacial score (nSPS) is 10.1. The summed E-state index contributed by atoms with van der Waals surface area (Å²) in [4.78, 5) is 19.1. The second-order valence-electron chi connectivity index (χ2n) is 4.09. The molecule has 0 bridgehead atoms. The van der Waals surface area contributed by atoms with E-state index in [-0.39, 0.29) is 0 Å². The van der Waals surface area contributed by atoms with E-state index in [1.165, 1.54) is 5.56 Å². The van der Waals surface area contributed by atoms with Crippen LogP contribution in [0.3, 0.4) is 0 Å². The third-order valence-corrected chi connectivity index (χ3v) is 2.26. The number of nitrogens with zero attached hydrogens (tertiary/aromatic N) is 1. The molecule has 0 atom stereocenters. The average molecular weight is 296 g/mol. The van der Waals surface area contributed by atoms with Crippen molar-refractivity contribution in [2.75, 3.05) is 20.7 Å². The molecule has 0 fully saturated rings. The Balaban J connectivity index is 0.000000433. The number of benzene rings is 1. The highest BCUT2D eigenvalue weighted by molar-refractivity contribution is 5.89. The lowest BCUT2D eigenvalue weighted by molar-refractivity contribution is -0.134. The van der Waals surface area contributed by atoms with Crippen molar-refractivity contribution >= 4 is 11.9 Å². The van der Waals surface area contributed by atoms with Gasteiger partial charge in [-0.1, -0.05) is 12.1 Å². The predicted octanol–water partition coefficient (Wildman–Crippen LogP) is 0.755. The number of carboxylic acid groups (broad SMARTS) is 2. The summed E-state index contributed by atoms with van der Waals surface area (Å²) in [5.41, 5.74) is 1.25. The van der Waals surface area contributed by atoms with Gasteiger partial charge >= 0.3 is 11.9 Å². The van der Waals surface area contributed by atoms with Gasteiger partial charge in [0, 0.05) is 25.7 Å². The minimum atomic E-state index is -1.26. The molecule has 4 N–H and O–H groups in total. The molecule has 0 saturated carbocycles. The first-order valence-electron chi connectivity index (χ1n) is 6.08. The number of carbonyl (C=O) groups is 2. The first-order chi connectivity index (χ1) is 9.85. The van der Waals surface area contributed by atoms with Crippen LogP contribution in [0.1, 0.15) is 5.56 Å². The van der Waals surface area contributed by atoms with Gasteiger partial charge in [0.05, 0.1) is 7.11 Å². The van der Waals surface area contributed by atoms with Crippen molar-refractivity contribution < 1.29 is 24.5 Å². The van der Waals surface area contributed by atoms with Crippen molar-refractivity contribution in [1.29, 1.82) is 0 Å². The van der Waals surface area contributed by atoms with Crippen molar-refractivity contribution in [2.45, 2.75) is 6.42 Å². The molecule has 7 heteroatoms. The molecule has 0 heterocycles. The van der Waals surface area contributed by atoms with E-state index in [1.54, 1.807) is 12.1 Å². The SMILES string of the molecule is COc1cccc(CCN(C)N)c1.O=C(O)/C=C\C(=O)O. The highest BCUT2D eigenvalue weighted by atomic mass is 16.5. The van der Waals surface area contributed by atoms with Gasteiger partial charge in [0.25, 0.3) is 0 Å². The zero-order valence-corrected chi connectivity index (χ0v) is 12.0. The van der Waals surface area contributed by atoms with E-state index in [9.17, 15) is 9.59 Å². The first-order valence-corrected chi connectivity index (χ1v) is 6.08. The Bertz CT molecular complexity index is 470. The molecule has 0 unspecified atom stereocenters. The van der Waals surface area contributed by atoms with Crippen molar-refractivity contribution in [2.24, 2.45) is 5.84 Å². The Morgan fingerprint density at radius 1 is 1.29 bits per heavy atom. The number of likely N-dealkylation sites (N-methyl/N-ethyl adjacent to an activating group) is 1. The summed E-state index contributed by atoms with van der Waals surface area (Å²) in [6.45, 7) is 0.854. The van der Waals surface area contributed by atoms with Gasteiger partial charge in [-0.3, -0.25) is 5.84 Å². The number of nitrogens with two attached hydrogens (primary N) is 1. The minimum absolute atomic E-state index is 0.558. The Morgan fingerprint density at radius 2 is 1.86 bits per heavy atom. The van der Waals surface area contributed by atoms with E-state index < -0.39 is 11.9 Å². The standard InChI is InChI=1S/C10H16N2O.C4H4O4/c1-12(11)7-6-9-4-3-5-10(8-9)13-2;5-3(6)1-2-4(7)8/h3-5,8H,6-7,11H2,1-2H3;1-2H,(H,5,6)(H,7,8)/b;2-1-. The van der Waals surface area contributed by atoms with Crippen LogP contribution in [-0.4, -0.2) is 47.9 Å². The van der Waals surface area contributed by atoms with E-state index in [4.69, 9.17) is 20.8 Å². The molecule has 0 aromatic heterocycles. The second kappa shape index (κ2) is 10.4. The van der Waals surface area contributed by atoms with Crippen LogP contribution in [0.15, 0.2) is 36.4 Å². The molecule has 1 rings (SSSR count). The van der Waals surface area contributed by atoms with Crippen LogP contribution < -0.4 is 10.6 Å². The Labute approximate surface area is 123 Å². The van der Waals surface area contributed by atoms with Crippen molar-refractivity contribution in [3.05, 3.63) is 42.0 Å². The number of carboxylic acids is 2. The van der Waals surface area contributed by atoms with E-state index in [1.807, 2.05) is 25.2 Å². The predicted molar refractivity (Wildman–Crippen MR) is 77.9 cm³/mol. The zero-order valence-electron chi connectivity index (χ0n) is 12.0. The van der Waals surface area contributed by atoms with Crippen LogP contribution in [0.5, 0.6) is 5.75 Å². The van der Waals surface area contributed by atoms with E-state index >= 15 is 0 Å². The van der Waals surface area contributed by atoms with E-state index in [0.29, 0.717) is 12.2 Å². The van der Waals surface area contributed by atoms with Crippen LogP contribution in [0.4, 0.5) is 0 Å². The monoisotopic (exact) mass is 296 g/mol. The van der Waals surface area contributed by atoms with Gasteiger partial charge in [0.1, 0.15) is 5.75 Å². The molecule has 0 radical (unpaired) electrons. The molecule has 0 aliphatic carbocycles. The van der Waals surface area contributed by atoms with Crippen LogP contribution in [0.2, 0.25) is 0 Å². The molecule has 0 amide bonds. The fourth-order valence-corrected chi connectivity index (χ4v) is 1.28. The molecule has 21 heavy (non-hydrogen) atoms. The molecule has 1 aromatic rings. The molecule has 116 valence electrons. The van der Waals surface area contributed by atoms with Crippen LogP contribution in [0.25, 0.3) is 0 Å². The molecule has 0 aliphatic heterocycles.